The van der Waals surface area contributed by atoms with E-state index < -0.39 is 6.43 Å². The van der Waals surface area contributed by atoms with E-state index in [1.165, 1.54) is 13.2 Å². The first-order valence-corrected chi connectivity index (χ1v) is 4.12. The lowest BCUT2D eigenvalue weighted by atomic mass is 10.1. The van der Waals surface area contributed by atoms with Gasteiger partial charge >= 0.3 is 0 Å². The molecule has 14 heavy (non-hydrogen) atoms. The van der Waals surface area contributed by atoms with Gasteiger partial charge in [0.05, 0.1) is 18.5 Å². The van der Waals surface area contributed by atoms with Gasteiger partial charge in [-0.15, -0.1) is 0 Å². The van der Waals surface area contributed by atoms with Crippen molar-refractivity contribution in [3.8, 4) is 5.75 Å². The first-order valence-electron chi connectivity index (χ1n) is 4.12. The zero-order valence-electron chi connectivity index (χ0n) is 8.05. The SMILES string of the molecule is COc1cc(C(F)F)c(CN)nc1C. The molecule has 0 atom stereocenters. The van der Waals surface area contributed by atoms with Crippen LogP contribution in [-0.2, 0) is 6.54 Å². The maximum absolute atomic E-state index is 12.5. The zero-order chi connectivity index (χ0) is 10.7. The van der Waals surface area contributed by atoms with Crippen LogP contribution in [0.1, 0.15) is 23.4 Å². The molecule has 0 aromatic carbocycles. The smallest absolute Gasteiger partial charge is 0.265 e. The lowest BCUT2D eigenvalue weighted by Gasteiger charge is -2.10. The number of nitrogens with two attached hydrogens (primary N) is 1. The van der Waals surface area contributed by atoms with Crippen LogP contribution in [0.4, 0.5) is 8.78 Å². The van der Waals surface area contributed by atoms with E-state index in [0.29, 0.717) is 11.4 Å². The molecule has 0 radical (unpaired) electrons. The molecule has 0 saturated carbocycles. The molecule has 0 aliphatic carbocycles. The minimum absolute atomic E-state index is 0.00447. The Morgan fingerprint density at radius 2 is 2.21 bits per heavy atom. The van der Waals surface area contributed by atoms with Crippen molar-refractivity contribution >= 4 is 0 Å². The summed E-state index contributed by atoms with van der Waals surface area (Å²) in [4.78, 5) is 3.95. The van der Waals surface area contributed by atoms with Crippen molar-refractivity contribution in [2.45, 2.75) is 19.9 Å². The van der Waals surface area contributed by atoms with Crippen molar-refractivity contribution < 1.29 is 13.5 Å². The van der Waals surface area contributed by atoms with Crippen molar-refractivity contribution in [3.05, 3.63) is 23.0 Å². The number of pyridine rings is 1. The summed E-state index contributed by atoms with van der Waals surface area (Å²) in [6.45, 7) is 1.69. The molecule has 0 spiro atoms. The van der Waals surface area contributed by atoms with Crippen molar-refractivity contribution in [2.24, 2.45) is 5.73 Å². The van der Waals surface area contributed by atoms with E-state index in [1.807, 2.05) is 0 Å². The molecule has 2 N–H and O–H groups in total. The molecule has 0 aliphatic rings. The molecule has 1 aromatic heterocycles. The molecule has 1 aromatic rings. The minimum Gasteiger partial charge on any atom is -0.495 e. The Balaban J connectivity index is 3.25. The Morgan fingerprint density at radius 1 is 1.57 bits per heavy atom. The van der Waals surface area contributed by atoms with Crippen LogP contribution < -0.4 is 10.5 Å². The molecule has 0 amide bonds. The molecule has 0 saturated heterocycles. The quantitative estimate of drug-likeness (QED) is 0.812. The largest absolute Gasteiger partial charge is 0.495 e. The lowest BCUT2D eigenvalue weighted by Crippen LogP contribution is -2.07. The number of nitrogens with zero attached hydrogens (tertiary/aromatic N) is 1. The van der Waals surface area contributed by atoms with Gasteiger partial charge in [-0.3, -0.25) is 4.98 Å². The monoisotopic (exact) mass is 202 g/mol. The molecule has 0 fully saturated rings. The van der Waals surface area contributed by atoms with Crippen LogP contribution in [0, 0.1) is 6.92 Å². The molecule has 1 heterocycles. The molecule has 5 heteroatoms. The van der Waals surface area contributed by atoms with Gasteiger partial charge in [-0.1, -0.05) is 0 Å². The van der Waals surface area contributed by atoms with Crippen LogP contribution in [0.25, 0.3) is 0 Å². The van der Waals surface area contributed by atoms with Crippen molar-refractivity contribution in [1.82, 2.24) is 4.98 Å². The third-order valence-corrected chi connectivity index (χ3v) is 1.93. The number of alkyl halides is 2. The number of aromatic nitrogens is 1. The average Bonchev–Trinajstić information content (AvgIpc) is 2.16. The lowest BCUT2D eigenvalue weighted by molar-refractivity contribution is 0.149. The average molecular weight is 202 g/mol. The third kappa shape index (κ3) is 1.98. The summed E-state index contributed by atoms with van der Waals surface area (Å²) in [6, 6.07) is 1.29. The summed E-state index contributed by atoms with van der Waals surface area (Å²) in [5.41, 5.74) is 5.94. The highest BCUT2D eigenvalue weighted by atomic mass is 19.3. The van der Waals surface area contributed by atoms with Gasteiger partial charge in [0, 0.05) is 12.1 Å². The number of aryl methyl sites for hydroxylation is 1. The number of methoxy groups -OCH3 is 1. The number of rotatable bonds is 3. The van der Waals surface area contributed by atoms with E-state index in [-0.39, 0.29) is 17.8 Å². The number of hydrogen-bond acceptors (Lipinski definition) is 3. The fraction of sp³-hybridized carbons (Fsp3) is 0.444. The van der Waals surface area contributed by atoms with Crippen LogP contribution in [0.15, 0.2) is 6.07 Å². The van der Waals surface area contributed by atoms with E-state index in [4.69, 9.17) is 10.5 Å². The molecular weight excluding hydrogens is 190 g/mol. The normalized spacial score (nSPS) is 10.7. The second-order valence-electron chi connectivity index (χ2n) is 2.82. The summed E-state index contributed by atoms with van der Waals surface area (Å²) < 4.78 is 29.9. The van der Waals surface area contributed by atoms with Gasteiger partial charge in [0.2, 0.25) is 0 Å². The van der Waals surface area contributed by atoms with Crippen LogP contribution in [0.5, 0.6) is 5.75 Å². The third-order valence-electron chi connectivity index (χ3n) is 1.93. The Kier molecular flexibility index (Phi) is 3.35. The standard InChI is InChI=1S/C9H12F2N2O/c1-5-8(14-2)3-6(9(10)11)7(4-12)13-5/h3,9H,4,12H2,1-2H3. The van der Waals surface area contributed by atoms with Gasteiger partial charge in [0.1, 0.15) is 5.75 Å². The van der Waals surface area contributed by atoms with E-state index in [1.54, 1.807) is 6.92 Å². The van der Waals surface area contributed by atoms with Crippen LogP contribution in [-0.4, -0.2) is 12.1 Å². The van der Waals surface area contributed by atoms with E-state index in [9.17, 15) is 8.78 Å². The minimum atomic E-state index is -2.57. The van der Waals surface area contributed by atoms with Crippen LogP contribution in [0.3, 0.4) is 0 Å². The highest BCUT2D eigenvalue weighted by Gasteiger charge is 2.16. The first-order chi connectivity index (χ1) is 6.60. The van der Waals surface area contributed by atoms with Gasteiger partial charge in [-0.2, -0.15) is 0 Å². The zero-order valence-corrected chi connectivity index (χ0v) is 8.05. The van der Waals surface area contributed by atoms with Crippen LogP contribution >= 0.6 is 0 Å². The van der Waals surface area contributed by atoms with Gasteiger partial charge in [0.25, 0.3) is 6.43 Å². The predicted molar refractivity (Wildman–Crippen MR) is 48.4 cm³/mol. The summed E-state index contributed by atoms with van der Waals surface area (Å²) in [6.07, 6.45) is -2.57. The highest BCUT2D eigenvalue weighted by molar-refractivity contribution is 5.35. The van der Waals surface area contributed by atoms with Crippen molar-refractivity contribution in [1.29, 1.82) is 0 Å². The Labute approximate surface area is 80.9 Å². The topological polar surface area (TPSA) is 48.1 Å². The first kappa shape index (κ1) is 10.8. The second-order valence-corrected chi connectivity index (χ2v) is 2.82. The molecule has 0 aliphatic heterocycles. The number of ether oxygens (including phenoxy) is 1. The summed E-state index contributed by atoms with van der Waals surface area (Å²) in [5.74, 6) is 0.359. The van der Waals surface area contributed by atoms with E-state index in [0.717, 1.165) is 0 Å². The maximum atomic E-state index is 12.5. The second kappa shape index (κ2) is 4.32. The molecule has 0 bridgehead atoms. The fourth-order valence-electron chi connectivity index (χ4n) is 1.21. The highest BCUT2D eigenvalue weighted by Crippen LogP contribution is 2.27. The van der Waals surface area contributed by atoms with E-state index in [2.05, 4.69) is 4.98 Å². The Bertz CT molecular complexity index is 329. The summed E-state index contributed by atoms with van der Waals surface area (Å²) in [5, 5.41) is 0. The summed E-state index contributed by atoms with van der Waals surface area (Å²) in [7, 11) is 1.42. The van der Waals surface area contributed by atoms with Crippen LogP contribution in [0.2, 0.25) is 0 Å². The maximum Gasteiger partial charge on any atom is 0.265 e. The fourth-order valence-corrected chi connectivity index (χ4v) is 1.21. The predicted octanol–water partition coefficient (Wildman–Crippen LogP) is 1.79. The van der Waals surface area contributed by atoms with Gasteiger partial charge in [0.15, 0.2) is 0 Å². The summed E-state index contributed by atoms with van der Waals surface area (Å²) >= 11 is 0. The van der Waals surface area contributed by atoms with Crippen molar-refractivity contribution in [2.75, 3.05) is 7.11 Å². The van der Waals surface area contributed by atoms with E-state index >= 15 is 0 Å². The molecule has 3 nitrogen and oxygen atoms in total. The number of hydrogen-bond donors (Lipinski definition) is 1. The molecule has 1 rings (SSSR count). The molecule has 78 valence electrons. The Hall–Kier alpha value is -1.23. The van der Waals surface area contributed by atoms with Gasteiger partial charge < -0.3 is 10.5 Å². The molecular formula is C9H12F2N2O. The molecule has 0 unspecified atom stereocenters. The van der Waals surface area contributed by atoms with Gasteiger partial charge in [-0.25, -0.2) is 8.78 Å². The van der Waals surface area contributed by atoms with Crippen molar-refractivity contribution in [3.63, 3.8) is 0 Å². The number of halogens is 2. The van der Waals surface area contributed by atoms with Gasteiger partial charge in [-0.05, 0) is 13.0 Å². The Morgan fingerprint density at radius 3 is 2.64 bits per heavy atom.